The Hall–Kier alpha value is -2.24. The van der Waals surface area contributed by atoms with Crippen LogP contribution in [0.15, 0.2) is 18.3 Å². The molecule has 4 rings (SSSR count). The lowest BCUT2D eigenvalue weighted by Crippen LogP contribution is -2.42. The van der Waals surface area contributed by atoms with Crippen molar-refractivity contribution in [2.45, 2.75) is 49.2 Å². The molecule has 0 saturated carbocycles. The lowest BCUT2D eigenvalue weighted by molar-refractivity contribution is -0.133. The van der Waals surface area contributed by atoms with Gasteiger partial charge in [-0.1, -0.05) is 23.2 Å². The molecule has 1 fully saturated rings. The van der Waals surface area contributed by atoms with E-state index in [4.69, 9.17) is 23.2 Å². The van der Waals surface area contributed by atoms with E-state index in [1.165, 1.54) is 4.90 Å². The molecule has 0 N–H and O–H groups in total. The van der Waals surface area contributed by atoms with Crippen LogP contribution in [0, 0.1) is 5.92 Å². The largest absolute Gasteiger partial charge is 0.534 e. The molecule has 39 heavy (non-hydrogen) atoms. The molecule has 2 aliphatic rings. The van der Waals surface area contributed by atoms with Crippen molar-refractivity contribution in [2.75, 3.05) is 6.54 Å². The van der Waals surface area contributed by atoms with E-state index in [1.807, 2.05) is 0 Å². The number of alkyl halides is 6. The second-order valence-corrected chi connectivity index (χ2v) is 13.0. The Balaban J connectivity index is 1.46. The SMILES string of the molecule is O=C1C(Cc2c(Cl)cc(OS(=O)(=O)C(F)(F)F)cc2Cl)CCN1C1CCc2c(cnn2S(=O)(=O)C(F)(F)F)C1. The summed E-state index contributed by atoms with van der Waals surface area (Å²) in [5, 5.41) is 2.97. The van der Waals surface area contributed by atoms with Crippen molar-refractivity contribution in [1.82, 2.24) is 14.1 Å². The van der Waals surface area contributed by atoms with E-state index < -0.39 is 48.9 Å². The predicted molar refractivity (Wildman–Crippen MR) is 124 cm³/mol. The molecule has 0 spiro atoms. The number of aromatic nitrogens is 2. The lowest BCUT2D eigenvalue weighted by atomic mass is 9.92. The van der Waals surface area contributed by atoms with E-state index in [2.05, 4.69) is 9.28 Å². The van der Waals surface area contributed by atoms with Gasteiger partial charge in [0.15, 0.2) is 0 Å². The topological polar surface area (TPSA) is 116 Å². The van der Waals surface area contributed by atoms with Gasteiger partial charge in [0.25, 0.3) is 0 Å². The number of halogens is 8. The summed E-state index contributed by atoms with van der Waals surface area (Å²) in [6, 6.07) is 1.23. The Bertz CT molecular complexity index is 1500. The standard InChI is InChI=1S/C20H17Cl2F6N3O6S2/c21-15-7-13(37-39(35,36)20(26,27)28)8-16(22)14(15)6-10-3-4-30(18(10)32)12-1-2-17-11(5-12)9-29-31(17)38(33,34)19(23,24)25/h7-10,12H,1-6H2. The molecule has 2 unspecified atom stereocenters. The van der Waals surface area contributed by atoms with E-state index in [0.717, 1.165) is 18.3 Å². The smallest absolute Gasteiger partial charge is 0.376 e. The summed E-state index contributed by atoms with van der Waals surface area (Å²) in [5.41, 5.74) is -10.8. The molecule has 2 aromatic rings. The molecular formula is C20H17Cl2F6N3O6S2. The third-order valence-corrected chi connectivity index (χ3v) is 9.46. The normalized spacial score (nSPS) is 20.8. The zero-order valence-electron chi connectivity index (χ0n) is 19.3. The van der Waals surface area contributed by atoms with Gasteiger partial charge in [-0.15, -0.1) is 0 Å². The highest BCUT2D eigenvalue weighted by atomic mass is 35.5. The summed E-state index contributed by atoms with van der Waals surface area (Å²) < 4.78 is 127. The molecule has 1 aliphatic carbocycles. The maximum atomic E-state index is 13.1. The highest BCUT2D eigenvalue weighted by molar-refractivity contribution is 7.90. The van der Waals surface area contributed by atoms with Crippen LogP contribution in [0.3, 0.4) is 0 Å². The zero-order chi connectivity index (χ0) is 29.1. The first-order valence-electron chi connectivity index (χ1n) is 11.0. The van der Waals surface area contributed by atoms with Crippen LogP contribution < -0.4 is 4.18 Å². The number of likely N-dealkylation sites (tertiary alicyclic amines) is 1. The fraction of sp³-hybridized carbons (Fsp3) is 0.500. The summed E-state index contributed by atoms with van der Waals surface area (Å²) in [7, 11) is -11.6. The predicted octanol–water partition coefficient (Wildman–Crippen LogP) is 4.06. The molecule has 9 nitrogen and oxygen atoms in total. The van der Waals surface area contributed by atoms with Crippen molar-refractivity contribution in [3.63, 3.8) is 0 Å². The van der Waals surface area contributed by atoms with E-state index in [1.54, 1.807) is 0 Å². The second-order valence-electron chi connectivity index (χ2n) is 8.88. The first kappa shape index (κ1) is 29.7. The number of carbonyl (C=O) groups is 1. The van der Waals surface area contributed by atoms with Crippen LogP contribution >= 0.6 is 23.2 Å². The minimum Gasteiger partial charge on any atom is -0.376 e. The van der Waals surface area contributed by atoms with E-state index in [0.29, 0.717) is 6.42 Å². The molecular weight excluding hydrogens is 627 g/mol. The maximum absolute atomic E-state index is 13.1. The fourth-order valence-corrected chi connectivity index (χ4v) is 6.54. The first-order chi connectivity index (χ1) is 17.8. The van der Waals surface area contributed by atoms with Gasteiger partial charge < -0.3 is 9.08 Å². The van der Waals surface area contributed by atoms with Gasteiger partial charge in [0.05, 0.1) is 11.9 Å². The van der Waals surface area contributed by atoms with E-state index >= 15 is 0 Å². The Morgan fingerprint density at radius 2 is 1.62 bits per heavy atom. The molecule has 1 aromatic carbocycles. The summed E-state index contributed by atoms with van der Waals surface area (Å²) in [6.45, 7) is 0.277. The molecule has 0 bridgehead atoms. The Labute approximate surface area is 227 Å². The molecule has 1 aromatic heterocycles. The lowest BCUT2D eigenvalue weighted by Gasteiger charge is -2.31. The number of hydrogen-bond acceptors (Lipinski definition) is 7. The number of hydrogen-bond donors (Lipinski definition) is 0. The number of rotatable bonds is 6. The third-order valence-electron chi connectivity index (χ3n) is 6.46. The minimum absolute atomic E-state index is 0.0233. The van der Waals surface area contributed by atoms with Crippen LogP contribution in [-0.2, 0) is 44.2 Å². The van der Waals surface area contributed by atoms with Gasteiger partial charge in [-0.05, 0) is 43.2 Å². The number of carbonyl (C=O) groups excluding carboxylic acids is 1. The van der Waals surface area contributed by atoms with E-state index in [9.17, 15) is 48.0 Å². The third kappa shape index (κ3) is 5.54. The molecule has 0 radical (unpaired) electrons. The molecule has 1 saturated heterocycles. The van der Waals surface area contributed by atoms with Gasteiger partial charge in [0.2, 0.25) is 5.91 Å². The summed E-state index contributed by atoms with van der Waals surface area (Å²) >= 11 is 12.2. The molecule has 19 heteroatoms. The second kappa shape index (κ2) is 9.99. The van der Waals surface area contributed by atoms with Crippen LogP contribution in [0.5, 0.6) is 5.75 Å². The molecule has 2 atom stereocenters. The highest BCUT2D eigenvalue weighted by Crippen LogP contribution is 2.38. The monoisotopic (exact) mass is 643 g/mol. The van der Waals surface area contributed by atoms with Gasteiger partial charge in [-0.3, -0.25) is 4.79 Å². The summed E-state index contributed by atoms with van der Waals surface area (Å²) in [6.07, 6.45) is 1.54. The number of benzene rings is 1. The van der Waals surface area contributed by atoms with Crippen molar-refractivity contribution in [2.24, 2.45) is 5.92 Å². The number of amides is 1. The Morgan fingerprint density at radius 1 is 1.00 bits per heavy atom. The summed E-state index contributed by atoms with van der Waals surface area (Å²) in [4.78, 5) is 14.7. The molecule has 1 amide bonds. The average Bonchev–Trinajstić information content (AvgIpc) is 3.37. The van der Waals surface area contributed by atoms with Gasteiger partial charge in [0.1, 0.15) is 5.75 Å². The Kier molecular flexibility index (Phi) is 7.62. The Morgan fingerprint density at radius 3 is 2.18 bits per heavy atom. The first-order valence-corrected chi connectivity index (χ1v) is 14.6. The van der Waals surface area contributed by atoms with Gasteiger partial charge in [-0.2, -0.15) is 52.4 Å². The zero-order valence-corrected chi connectivity index (χ0v) is 22.4. The van der Waals surface area contributed by atoms with Gasteiger partial charge >= 0.3 is 31.2 Å². The molecule has 216 valence electrons. The quantitative estimate of drug-likeness (QED) is 0.265. The molecule has 1 aliphatic heterocycles. The van der Waals surface area contributed by atoms with E-state index in [-0.39, 0.29) is 69.1 Å². The van der Waals surface area contributed by atoms with Gasteiger partial charge in [-0.25, -0.2) is 0 Å². The van der Waals surface area contributed by atoms with Crippen molar-refractivity contribution in [1.29, 1.82) is 0 Å². The summed E-state index contributed by atoms with van der Waals surface area (Å²) in [5.74, 6) is -1.75. The number of nitrogens with zero attached hydrogens (tertiary/aromatic N) is 3. The molecule has 2 heterocycles. The fourth-order valence-electron chi connectivity index (χ4n) is 4.60. The van der Waals surface area contributed by atoms with Crippen LogP contribution in [0.1, 0.15) is 29.7 Å². The minimum atomic E-state index is -5.96. The van der Waals surface area contributed by atoms with Crippen molar-refractivity contribution in [3.05, 3.63) is 45.2 Å². The maximum Gasteiger partial charge on any atom is 0.534 e. The number of fused-ring (bicyclic) bond motifs is 1. The van der Waals surface area contributed by atoms with Crippen LogP contribution in [-0.4, -0.2) is 60.4 Å². The highest BCUT2D eigenvalue weighted by Gasteiger charge is 2.50. The average molecular weight is 644 g/mol. The van der Waals surface area contributed by atoms with Crippen molar-refractivity contribution in [3.8, 4) is 5.75 Å². The van der Waals surface area contributed by atoms with Crippen molar-refractivity contribution < 1.29 is 52.2 Å². The van der Waals surface area contributed by atoms with Crippen LogP contribution in [0.2, 0.25) is 10.0 Å². The van der Waals surface area contributed by atoms with Gasteiger partial charge in [0, 0.05) is 40.7 Å². The van der Waals surface area contributed by atoms with Crippen molar-refractivity contribution >= 4 is 49.3 Å². The van der Waals surface area contributed by atoms with Crippen LogP contribution in [0.4, 0.5) is 26.3 Å². The van der Waals surface area contributed by atoms with Crippen LogP contribution in [0.25, 0.3) is 0 Å².